The van der Waals surface area contributed by atoms with Gasteiger partial charge in [-0.3, -0.25) is 9.69 Å². The molecule has 0 aromatic carbocycles. The highest BCUT2D eigenvalue weighted by Gasteiger charge is 2.23. The summed E-state index contributed by atoms with van der Waals surface area (Å²) in [7, 11) is 0. The van der Waals surface area contributed by atoms with Gasteiger partial charge in [-0.05, 0) is 39.3 Å². The van der Waals surface area contributed by atoms with Crippen molar-refractivity contribution in [1.29, 1.82) is 0 Å². The Hall–Kier alpha value is -1.38. The Morgan fingerprint density at radius 3 is 2.50 bits per heavy atom. The van der Waals surface area contributed by atoms with Crippen molar-refractivity contribution in [2.24, 2.45) is 0 Å². The summed E-state index contributed by atoms with van der Waals surface area (Å²) in [4.78, 5) is 16.8. The van der Waals surface area contributed by atoms with Gasteiger partial charge >= 0.3 is 0 Å². The van der Waals surface area contributed by atoms with Gasteiger partial charge in [0.1, 0.15) is 5.82 Å². The topological polar surface area (TPSA) is 33.2 Å². The van der Waals surface area contributed by atoms with E-state index in [9.17, 15) is 4.79 Å². The van der Waals surface area contributed by atoms with Crippen LogP contribution in [0.3, 0.4) is 0 Å². The number of rotatable bonds is 2. The normalized spacial score (nSPS) is 11.1. The van der Waals surface area contributed by atoms with Crippen LogP contribution in [0.1, 0.15) is 26.3 Å². The summed E-state index contributed by atoms with van der Waals surface area (Å²) >= 11 is 0. The largest absolute Gasteiger partial charge is 0.294 e. The van der Waals surface area contributed by atoms with Gasteiger partial charge in [0.2, 0.25) is 6.41 Å². The fourth-order valence-corrected chi connectivity index (χ4v) is 1.26. The maximum atomic E-state index is 11.0. The molecule has 0 saturated heterocycles. The lowest BCUT2D eigenvalue weighted by atomic mass is 10.1. The molecule has 1 heterocycles. The number of aromatic nitrogens is 1. The molecule has 0 saturated carbocycles. The standard InChI is InChI=1S/C11H16N2O/c1-9-6-5-7-12-10(9)13(8-14)11(2,3)4/h5-8H,1-4H3. The summed E-state index contributed by atoms with van der Waals surface area (Å²) in [5.41, 5.74) is 0.774. The lowest BCUT2D eigenvalue weighted by Gasteiger charge is -2.31. The van der Waals surface area contributed by atoms with Crippen LogP contribution >= 0.6 is 0 Å². The number of hydrogen-bond acceptors (Lipinski definition) is 2. The van der Waals surface area contributed by atoms with E-state index in [4.69, 9.17) is 0 Å². The third-order valence-corrected chi connectivity index (χ3v) is 2.04. The zero-order chi connectivity index (χ0) is 10.8. The second-order valence-corrected chi connectivity index (χ2v) is 4.29. The Bertz CT molecular complexity index is 328. The second-order valence-electron chi connectivity index (χ2n) is 4.29. The molecule has 1 rings (SSSR count). The zero-order valence-electron chi connectivity index (χ0n) is 9.11. The quantitative estimate of drug-likeness (QED) is 0.673. The van der Waals surface area contributed by atoms with E-state index in [1.165, 1.54) is 0 Å². The maximum Gasteiger partial charge on any atom is 0.215 e. The highest BCUT2D eigenvalue weighted by atomic mass is 16.1. The molecule has 14 heavy (non-hydrogen) atoms. The lowest BCUT2D eigenvalue weighted by Crippen LogP contribution is -2.41. The van der Waals surface area contributed by atoms with Crippen LogP contribution in [0.25, 0.3) is 0 Å². The lowest BCUT2D eigenvalue weighted by molar-refractivity contribution is -0.108. The van der Waals surface area contributed by atoms with E-state index in [1.807, 2.05) is 39.8 Å². The van der Waals surface area contributed by atoms with Gasteiger partial charge in [-0.1, -0.05) is 6.07 Å². The summed E-state index contributed by atoms with van der Waals surface area (Å²) < 4.78 is 0. The molecule has 0 radical (unpaired) electrons. The van der Waals surface area contributed by atoms with Crippen molar-refractivity contribution in [3.63, 3.8) is 0 Å². The van der Waals surface area contributed by atoms with Gasteiger partial charge in [0.05, 0.1) is 0 Å². The average Bonchev–Trinajstić information content (AvgIpc) is 2.07. The minimum atomic E-state index is -0.235. The molecule has 0 aliphatic heterocycles. The van der Waals surface area contributed by atoms with E-state index in [2.05, 4.69) is 4.98 Å². The van der Waals surface area contributed by atoms with E-state index in [0.29, 0.717) is 0 Å². The molecule has 0 N–H and O–H groups in total. The molecule has 0 aliphatic carbocycles. The van der Waals surface area contributed by atoms with Crippen molar-refractivity contribution >= 4 is 12.2 Å². The van der Waals surface area contributed by atoms with Crippen molar-refractivity contribution in [2.45, 2.75) is 33.2 Å². The predicted molar refractivity (Wildman–Crippen MR) is 57.3 cm³/mol. The minimum Gasteiger partial charge on any atom is -0.294 e. The molecular weight excluding hydrogens is 176 g/mol. The molecule has 1 aromatic rings. The smallest absolute Gasteiger partial charge is 0.215 e. The number of aryl methyl sites for hydroxylation is 1. The molecule has 3 nitrogen and oxygen atoms in total. The van der Waals surface area contributed by atoms with Crippen LogP contribution in [0.4, 0.5) is 5.82 Å². The number of hydrogen-bond donors (Lipinski definition) is 0. The van der Waals surface area contributed by atoms with E-state index < -0.39 is 0 Å². The monoisotopic (exact) mass is 192 g/mol. The number of carbonyl (C=O) groups excluding carboxylic acids is 1. The summed E-state index contributed by atoms with van der Waals surface area (Å²) in [5, 5.41) is 0. The molecule has 0 spiro atoms. The first-order valence-electron chi connectivity index (χ1n) is 4.63. The molecule has 0 unspecified atom stereocenters. The summed E-state index contributed by atoms with van der Waals surface area (Å²) in [6.45, 7) is 7.89. The molecule has 1 amide bonds. The fraction of sp³-hybridized carbons (Fsp3) is 0.455. The van der Waals surface area contributed by atoms with Crippen LogP contribution in [0.2, 0.25) is 0 Å². The molecule has 0 aliphatic rings. The van der Waals surface area contributed by atoms with Gasteiger partial charge in [-0.2, -0.15) is 0 Å². The van der Waals surface area contributed by atoms with Crippen molar-refractivity contribution in [3.8, 4) is 0 Å². The highest BCUT2D eigenvalue weighted by Crippen LogP contribution is 2.22. The van der Waals surface area contributed by atoms with E-state index >= 15 is 0 Å². The predicted octanol–water partition coefficient (Wildman–Crippen LogP) is 2.15. The van der Waals surface area contributed by atoms with Crippen molar-refractivity contribution in [1.82, 2.24) is 4.98 Å². The van der Waals surface area contributed by atoms with Crippen molar-refractivity contribution in [3.05, 3.63) is 23.9 Å². The Morgan fingerprint density at radius 1 is 1.43 bits per heavy atom. The minimum absolute atomic E-state index is 0.235. The molecular formula is C11H16N2O. The van der Waals surface area contributed by atoms with Crippen LogP contribution in [0, 0.1) is 6.92 Å². The number of carbonyl (C=O) groups is 1. The first-order valence-corrected chi connectivity index (χ1v) is 4.63. The van der Waals surface area contributed by atoms with Gasteiger partial charge in [0.15, 0.2) is 0 Å². The summed E-state index contributed by atoms with van der Waals surface area (Å²) in [5.74, 6) is 0.731. The molecule has 3 heteroatoms. The average molecular weight is 192 g/mol. The summed E-state index contributed by atoms with van der Waals surface area (Å²) in [6.07, 6.45) is 2.53. The summed E-state index contributed by atoms with van der Waals surface area (Å²) in [6, 6.07) is 3.81. The van der Waals surface area contributed by atoms with Crippen molar-refractivity contribution in [2.75, 3.05) is 4.90 Å². The first-order chi connectivity index (χ1) is 6.46. The van der Waals surface area contributed by atoms with Gasteiger partial charge < -0.3 is 0 Å². The SMILES string of the molecule is Cc1cccnc1N(C=O)C(C)(C)C. The van der Waals surface area contributed by atoms with Gasteiger partial charge in [-0.15, -0.1) is 0 Å². The van der Waals surface area contributed by atoms with E-state index in [0.717, 1.165) is 17.8 Å². The Kier molecular flexibility index (Phi) is 2.89. The molecule has 0 atom stereocenters. The Morgan fingerprint density at radius 2 is 2.07 bits per heavy atom. The number of nitrogens with zero attached hydrogens (tertiary/aromatic N) is 2. The van der Waals surface area contributed by atoms with Crippen molar-refractivity contribution < 1.29 is 4.79 Å². The number of pyridine rings is 1. The van der Waals surface area contributed by atoms with E-state index in [1.54, 1.807) is 11.1 Å². The van der Waals surface area contributed by atoms with Gasteiger partial charge in [-0.25, -0.2) is 4.98 Å². The third-order valence-electron chi connectivity index (χ3n) is 2.04. The number of anilines is 1. The highest BCUT2D eigenvalue weighted by molar-refractivity contribution is 5.76. The Labute approximate surface area is 84.8 Å². The van der Waals surface area contributed by atoms with Crippen LogP contribution < -0.4 is 4.90 Å². The van der Waals surface area contributed by atoms with Gasteiger partial charge in [0.25, 0.3) is 0 Å². The second kappa shape index (κ2) is 3.78. The van der Waals surface area contributed by atoms with E-state index in [-0.39, 0.29) is 5.54 Å². The fourth-order valence-electron chi connectivity index (χ4n) is 1.26. The van der Waals surface area contributed by atoms with Gasteiger partial charge in [0, 0.05) is 11.7 Å². The number of amides is 1. The maximum absolute atomic E-state index is 11.0. The molecule has 1 aromatic heterocycles. The molecule has 0 fully saturated rings. The first kappa shape index (κ1) is 10.7. The van der Waals surface area contributed by atoms with Crippen LogP contribution in [-0.2, 0) is 4.79 Å². The third kappa shape index (κ3) is 2.10. The molecule has 0 bridgehead atoms. The van der Waals surface area contributed by atoms with Crippen LogP contribution in [-0.4, -0.2) is 16.9 Å². The van der Waals surface area contributed by atoms with Crippen LogP contribution in [0.15, 0.2) is 18.3 Å². The van der Waals surface area contributed by atoms with Crippen LogP contribution in [0.5, 0.6) is 0 Å². The Balaban J connectivity index is 3.14. The molecule has 76 valence electrons. The zero-order valence-corrected chi connectivity index (χ0v) is 9.11.